The van der Waals surface area contributed by atoms with Crippen molar-refractivity contribution in [2.24, 2.45) is 5.10 Å². The van der Waals surface area contributed by atoms with Crippen molar-refractivity contribution >= 4 is 6.21 Å². The molecular weight excluding hydrogens is 332 g/mol. The van der Waals surface area contributed by atoms with Crippen molar-refractivity contribution in [2.75, 3.05) is 40.4 Å². The molecule has 26 heavy (non-hydrogen) atoms. The van der Waals surface area contributed by atoms with Gasteiger partial charge in [0.1, 0.15) is 0 Å². The molecule has 0 amide bonds. The number of aromatic hydroxyl groups is 1. The van der Waals surface area contributed by atoms with Gasteiger partial charge in [0, 0.05) is 44.5 Å². The van der Waals surface area contributed by atoms with E-state index in [2.05, 4.69) is 21.1 Å². The third-order valence-electron chi connectivity index (χ3n) is 4.33. The molecule has 0 atom stereocenters. The summed E-state index contributed by atoms with van der Waals surface area (Å²) in [6.45, 7) is 4.46. The quantitative estimate of drug-likeness (QED) is 0.798. The van der Waals surface area contributed by atoms with Crippen LogP contribution in [0.1, 0.15) is 11.3 Å². The largest absolute Gasteiger partial charge is 0.502 e. The molecule has 1 aliphatic heterocycles. The van der Waals surface area contributed by atoms with Crippen molar-refractivity contribution in [3.05, 3.63) is 47.8 Å². The normalized spacial score (nSPS) is 15.4. The first-order valence-electron chi connectivity index (χ1n) is 8.56. The molecule has 1 saturated heterocycles. The lowest BCUT2D eigenvalue weighted by atomic mass is 10.2. The number of benzene rings is 1. The van der Waals surface area contributed by atoms with Crippen LogP contribution >= 0.6 is 0 Å². The molecule has 0 unspecified atom stereocenters. The van der Waals surface area contributed by atoms with Crippen molar-refractivity contribution in [2.45, 2.75) is 6.54 Å². The molecule has 0 bridgehead atoms. The molecule has 138 valence electrons. The number of piperazine rings is 1. The van der Waals surface area contributed by atoms with Gasteiger partial charge in [0.05, 0.1) is 26.1 Å². The predicted molar refractivity (Wildman–Crippen MR) is 99.9 cm³/mol. The Labute approximate surface area is 153 Å². The highest BCUT2D eigenvalue weighted by atomic mass is 16.5. The van der Waals surface area contributed by atoms with Crippen LogP contribution in [0.3, 0.4) is 0 Å². The average Bonchev–Trinajstić information content (AvgIpc) is 2.69. The van der Waals surface area contributed by atoms with Crippen LogP contribution in [0.2, 0.25) is 0 Å². The Kier molecular flexibility index (Phi) is 5.91. The second-order valence-corrected chi connectivity index (χ2v) is 6.07. The summed E-state index contributed by atoms with van der Waals surface area (Å²) in [7, 11) is 3.02. The van der Waals surface area contributed by atoms with Crippen LogP contribution in [0.25, 0.3) is 0 Å². The maximum absolute atomic E-state index is 9.96. The second-order valence-electron chi connectivity index (χ2n) is 6.07. The summed E-state index contributed by atoms with van der Waals surface area (Å²) in [5.74, 6) is 0.729. The smallest absolute Gasteiger partial charge is 0.200 e. The Balaban J connectivity index is 1.57. The Morgan fingerprint density at radius 1 is 1.12 bits per heavy atom. The van der Waals surface area contributed by atoms with E-state index >= 15 is 0 Å². The lowest BCUT2D eigenvalue weighted by molar-refractivity contribution is 0.130. The van der Waals surface area contributed by atoms with Gasteiger partial charge >= 0.3 is 0 Å². The zero-order valence-corrected chi connectivity index (χ0v) is 15.1. The molecule has 7 nitrogen and oxygen atoms in total. The molecule has 7 heteroatoms. The number of hydrazone groups is 1. The Bertz CT molecular complexity index is 719. The van der Waals surface area contributed by atoms with Crippen LogP contribution in [0, 0.1) is 0 Å². The minimum absolute atomic E-state index is 0.00437. The average molecular weight is 356 g/mol. The highest BCUT2D eigenvalue weighted by molar-refractivity contribution is 5.82. The molecule has 0 radical (unpaired) electrons. The van der Waals surface area contributed by atoms with Gasteiger partial charge < -0.3 is 14.6 Å². The van der Waals surface area contributed by atoms with E-state index in [1.54, 1.807) is 18.3 Å². The highest BCUT2D eigenvalue weighted by Gasteiger charge is 2.16. The van der Waals surface area contributed by atoms with E-state index in [-0.39, 0.29) is 5.75 Å². The van der Waals surface area contributed by atoms with Crippen LogP contribution in [0.4, 0.5) is 0 Å². The molecule has 3 rings (SSSR count). The van der Waals surface area contributed by atoms with Crippen LogP contribution in [-0.4, -0.2) is 66.6 Å². The van der Waals surface area contributed by atoms with Gasteiger partial charge in [0.25, 0.3) is 0 Å². The molecule has 1 aliphatic rings. The van der Waals surface area contributed by atoms with Crippen LogP contribution in [-0.2, 0) is 6.54 Å². The number of phenols is 1. The molecule has 0 spiro atoms. The van der Waals surface area contributed by atoms with Crippen molar-refractivity contribution in [1.82, 2.24) is 14.9 Å². The van der Waals surface area contributed by atoms with E-state index in [0.717, 1.165) is 44.0 Å². The number of pyridine rings is 1. The van der Waals surface area contributed by atoms with Crippen LogP contribution in [0.5, 0.6) is 17.2 Å². The van der Waals surface area contributed by atoms with E-state index in [4.69, 9.17) is 9.47 Å². The topological polar surface area (TPSA) is 70.4 Å². The van der Waals surface area contributed by atoms with Crippen molar-refractivity contribution in [3.8, 4) is 17.2 Å². The van der Waals surface area contributed by atoms with Crippen LogP contribution in [0.15, 0.2) is 41.6 Å². The number of ether oxygens (including phenoxy) is 2. The monoisotopic (exact) mass is 356 g/mol. The van der Waals surface area contributed by atoms with Gasteiger partial charge in [-0.2, -0.15) is 5.10 Å². The Morgan fingerprint density at radius 2 is 1.81 bits per heavy atom. The first kappa shape index (κ1) is 18.0. The minimum atomic E-state index is -0.00437. The molecule has 1 aromatic heterocycles. The summed E-state index contributed by atoms with van der Waals surface area (Å²) < 4.78 is 10.3. The molecule has 1 N–H and O–H groups in total. The standard InChI is InChI=1S/C19H24N4O3/c1-25-17-11-15(12-18(26-2)19(17)24)13-21-23-9-7-22(8-10-23)14-16-5-3-4-6-20-16/h3-6,11-13,24H,7-10,14H2,1-2H3. The van der Waals surface area contributed by atoms with Crippen molar-refractivity contribution in [1.29, 1.82) is 0 Å². The second kappa shape index (κ2) is 8.53. The molecule has 1 aromatic carbocycles. The van der Waals surface area contributed by atoms with Gasteiger partial charge in [-0.1, -0.05) is 6.07 Å². The third kappa shape index (κ3) is 4.43. The summed E-state index contributed by atoms with van der Waals surface area (Å²) in [6.07, 6.45) is 3.59. The number of nitrogens with zero attached hydrogens (tertiary/aromatic N) is 4. The number of hydrogen-bond acceptors (Lipinski definition) is 7. The van der Waals surface area contributed by atoms with E-state index in [0.29, 0.717) is 11.5 Å². The van der Waals surface area contributed by atoms with Gasteiger partial charge in [-0.15, -0.1) is 0 Å². The lowest BCUT2D eigenvalue weighted by Crippen LogP contribution is -2.43. The summed E-state index contributed by atoms with van der Waals surface area (Å²) in [4.78, 5) is 6.75. The summed E-state index contributed by atoms with van der Waals surface area (Å²) in [5.41, 5.74) is 1.90. The fourth-order valence-electron chi connectivity index (χ4n) is 2.87. The number of aromatic nitrogens is 1. The first-order valence-corrected chi connectivity index (χ1v) is 8.56. The molecule has 0 aliphatic carbocycles. The van der Waals surface area contributed by atoms with E-state index in [1.807, 2.05) is 23.3 Å². The number of methoxy groups -OCH3 is 2. The summed E-state index contributed by atoms with van der Waals surface area (Å²) in [5, 5.41) is 16.6. The minimum Gasteiger partial charge on any atom is -0.502 e. The maximum atomic E-state index is 9.96. The van der Waals surface area contributed by atoms with E-state index in [1.165, 1.54) is 14.2 Å². The summed E-state index contributed by atoms with van der Waals surface area (Å²) >= 11 is 0. The molecule has 1 fully saturated rings. The third-order valence-corrected chi connectivity index (χ3v) is 4.33. The number of phenolic OH excluding ortho intramolecular Hbond substituents is 1. The van der Waals surface area contributed by atoms with E-state index < -0.39 is 0 Å². The number of hydrogen-bond donors (Lipinski definition) is 1. The van der Waals surface area contributed by atoms with Gasteiger partial charge in [0.15, 0.2) is 11.5 Å². The van der Waals surface area contributed by atoms with Gasteiger partial charge in [0.2, 0.25) is 5.75 Å². The number of rotatable bonds is 6. The molecule has 0 saturated carbocycles. The fourth-order valence-corrected chi connectivity index (χ4v) is 2.87. The predicted octanol–water partition coefficient (Wildman–Crippen LogP) is 1.96. The zero-order valence-electron chi connectivity index (χ0n) is 15.1. The fraction of sp³-hybridized carbons (Fsp3) is 0.368. The molecule has 2 aromatic rings. The summed E-state index contributed by atoms with van der Waals surface area (Å²) in [6, 6.07) is 9.47. The molecular formula is C19H24N4O3. The first-order chi connectivity index (χ1) is 12.7. The lowest BCUT2D eigenvalue weighted by Gasteiger charge is -2.32. The van der Waals surface area contributed by atoms with E-state index in [9.17, 15) is 5.11 Å². The van der Waals surface area contributed by atoms with Gasteiger partial charge in [-0.05, 0) is 24.3 Å². The highest BCUT2D eigenvalue weighted by Crippen LogP contribution is 2.36. The SMILES string of the molecule is COc1cc(C=NN2CCN(Cc3ccccn3)CC2)cc(OC)c1O. The Hall–Kier alpha value is -2.80. The Morgan fingerprint density at radius 3 is 2.38 bits per heavy atom. The molecule has 2 heterocycles. The van der Waals surface area contributed by atoms with Crippen molar-refractivity contribution in [3.63, 3.8) is 0 Å². The maximum Gasteiger partial charge on any atom is 0.200 e. The van der Waals surface area contributed by atoms with Crippen molar-refractivity contribution < 1.29 is 14.6 Å². The zero-order chi connectivity index (χ0) is 18.4. The van der Waals surface area contributed by atoms with Crippen LogP contribution < -0.4 is 9.47 Å². The van der Waals surface area contributed by atoms with Gasteiger partial charge in [-0.3, -0.25) is 14.9 Å². The van der Waals surface area contributed by atoms with Gasteiger partial charge in [-0.25, -0.2) is 0 Å².